The highest BCUT2D eigenvalue weighted by Crippen LogP contribution is 2.44. The van der Waals surface area contributed by atoms with Gasteiger partial charge >= 0.3 is 6.09 Å². The van der Waals surface area contributed by atoms with Crippen molar-refractivity contribution in [2.75, 3.05) is 159 Å². The summed E-state index contributed by atoms with van der Waals surface area (Å²) in [7, 11) is 0.254. The Morgan fingerprint density at radius 2 is 0.786 bits per heavy atom. The SMILES string of the molecule is CN(CCOCCOCCOCCOCCOCCOCCOCCOCCOCCOCCO[Si](C)(C)C)C(=O)OCC1c2ccccc2-c2ccccc21. The van der Waals surface area contributed by atoms with Gasteiger partial charge in [-0.2, -0.15) is 0 Å². The molecule has 1 aliphatic carbocycles. The van der Waals surface area contributed by atoms with Crippen LogP contribution in [0.5, 0.6) is 0 Å². The van der Waals surface area contributed by atoms with Crippen LogP contribution in [0.15, 0.2) is 48.5 Å². The number of amides is 1. The summed E-state index contributed by atoms with van der Waals surface area (Å²) in [5.41, 5.74) is 4.80. The molecule has 0 saturated heterocycles. The Kier molecular flexibility index (Phi) is 26.1. The Labute approximate surface area is 335 Å². The molecule has 0 atom stereocenters. The molecule has 318 valence electrons. The number of nitrogens with zero attached hydrogens (tertiary/aromatic N) is 1. The quantitative estimate of drug-likeness (QED) is 0.0685. The van der Waals surface area contributed by atoms with Gasteiger partial charge in [-0.05, 0) is 41.9 Å². The smallest absolute Gasteiger partial charge is 0.409 e. The van der Waals surface area contributed by atoms with Gasteiger partial charge in [0.15, 0.2) is 8.32 Å². The van der Waals surface area contributed by atoms with Crippen LogP contribution < -0.4 is 0 Å². The molecule has 0 aliphatic heterocycles. The number of carbonyl (C=O) groups excluding carboxylic acids is 1. The van der Waals surface area contributed by atoms with E-state index >= 15 is 0 Å². The molecule has 0 saturated carbocycles. The van der Waals surface area contributed by atoms with Gasteiger partial charge < -0.3 is 61.4 Å². The second-order valence-corrected chi connectivity index (χ2v) is 18.3. The van der Waals surface area contributed by atoms with E-state index in [1.165, 1.54) is 27.2 Å². The molecule has 0 N–H and O–H groups in total. The molecule has 1 aliphatic rings. The first-order valence-corrected chi connectivity index (χ1v) is 23.2. The molecule has 0 radical (unpaired) electrons. The average molecular weight is 810 g/mol. The van der Waals surface area contributed by atoms with Crippen molar-refractivity contribution in [2.24, 2.45) is 0 Å². The van der Waals surface area contributed by atoms with Crippen molar-refractivity contribution < 1.29 is 61.3 Å². The largest absolute Gasteiger partial charge is 0.448 e. The molecule has 1 amide bonds. The van der Waals surface area contributed by atoms with Crippen molar-refractivity contribution in [3.8, 4) is 11.1 Å². The zero-order chi connectivity index (χ0) is 39.9. The first-order chi connectivity index (χ1) is 27.4. The van der Waals surface area contributed by atoms with Gasteiger partial charge in [-0.1, -0.05) is 48.5 Å². The highest BCUT2D eigenvalue weighted by molar-refractivity contribution is 6.69. The van der Waals surface area contributed by atoms with Crippen LogP contribution in [0, 0.1) is 0 Å². The summed E-state index contributed by atoms with van der Waals surface area (Å²) in [6.07, 6.45) is -0.364. The van der Waals surface area contributed by atoms with Crippen molar-refractivity contribution in [3.05, 3.63) is 59.7 Å². The number of benzene rings is 2. The Hall–Kier alpha value is -2.51. The Morgan fingerprint density at radius 3 is 1.12 bits per heavy atom. The number of hydrogen-bond donors (Lipinski definition) is 0. The van der Waals surface area contributed by atoms with Crippen LogP contribution >= 0.6 is 0 Å². The second kappa shape index (κ2) is 30.5. The third kappa shape index (κ3) is 21.9. The van der Waals surface area contributed by atoms with Crippen LogP contribution in [0.4, 0.5) is 4.79 Å². The van der Waals surface area contributed by atoms with Crippen LogP contribution in [-0.4, -0.2) is 178 Å². The molecule has 0 spiro atoms. The van der Waals surface area contributed by atoms with Gasteiger partial charge in [0.2, 0.25) is 0 Å². The predicted molar refractivity (Wildman–Crippen MR) is 215 cm³/mol. The lowest BCUT2D eigenvalue weighted by Crippen LogP contribution is -2.32. The predicted octanol–water partition coefficient (Wildman–Crippen LogP) is 4.88. The van der Waals surface area contributed by atoms with Crippen molar-refractivity contribution in [1.29, 1.82) is 0 Å². The molecule has 14 nitrogen and oxygen atoms in total. The van der Waals surface area contributed by atoms with Gasteiger partial charge in [0.05, 0.1) is 139 Å². The molecule has 0 heterocycles. The highest BCUT2D eigenvalue weighted by Gasteiger charge is 2.29. The van der Waals surface area contributed by atoms with Gasteiger partial charge in [-0.3, -0.25) is 0 Å². The topological polar surface area (TPSA) is 131 Å². The molecule has 2 aromatic rings. The van der Waals surface area contributed by atoms with E-state index in [4.69, 9.17) is 56.5 Å². The summed E-state index contributed by atoms with van der Waals surface area (Å²) in [5.74, 6) is 0.0386. The van der Waals surface area contributed by atoms with Crippen molar-refractivity contribution in [1.82, 2.24) is 4.90 Å². The monoisotopic (exact) mass is 809 g/mol. The molecule has 2 aromatic carbocycles. The van der Waals surface area contributed by atoms with Crippen LogP contribution in [0.2, 0.25) is 19.6 Å². The zero-order valence-corrected chi connectivity index (χ0v) is 35.2. The average Bonchev–Trinajstić information content (AvgIpc) is 3.51. The fraction of sp³-hybridized carbons (Fsp3) is 0.683. The fourth-order valence-electron chi connectivity index (χ4n) is 5.49. The molecule has 0 bridgehead atoms. The van der Waals surface area contributed by atoms with E-state index in [1.807, 2.05) is 24.3 Å². The normalized spacial score (nSPS) is 12.6. The lowest BCUT2D eigenvalue weighted by atomic mass is 9.98. The third-order valence-corrected chi connectivity index (χ3v) is 9.40. The molecule has 3 rings (SSSR count). The minimum absolute atomic E-state index is 0.0386. The molecular weight excluding hydrogens is 743 g/mol. The number of carbonyl (C=O) groups is 1. The Bertz CT molecular complexity index is 1240. The summed E-state index contributed by atoms with van der Waals surface area (Å²) in [6, 6.07) is 16.6. The Balaban J connectivity index is 0.966. The highest BCUT2D eigenvalue weighted by atomic mass is 28.4. The zero-order valence-electron chi connectivity index (χ0n) is 34.2. The lowest BCUT2D eigenvalue weighted by molar-refractivity contribution is -0.0268. The number of ether oxygens (including phenoxy) is 11. The first-order valence-electron chi connectivity index (χ1n) is 19.8. The summed E-state index contributed by atoms with van der Waals surface area (Å²) in [4.78, 5) is 14.2. The van der Waals surface area contributed by atoms with Gasteiger partial charge in [0, 0.05) is 19.5 Å². The standard InChI is InChI=1S/C41H67NO13Si/c1-42(41(43)54-35-40-38-11-7-5-9-36(38)37-10-6-8-12-39(37)40)13-14-44-15-16-45-17-18-46-19-20-47-21-22-48-23-24-49-25-26-50-27-28-51-29-30-52-31-32-53-33-34-55-56(2,3)4/h5-12,40H,13-35H2,1-4H3. The van der Waals surface area contributed by atoms with Gasteiger partial charge in [-0.15, -0.1) is 0 Å². The van der Waals surface area contributed by atoms with E-state index in [-0.39, 0.29) is 12.0 Å². The minimum Gasteiger partial charge on any atom is -0.448 e. The van der Waals surface area contributed by atoms with Crippen molar-refractivity contribution >= 4 is 14.4 Å². The van der Waals surface area contributed by atoms with Crippen LogP contribution in [0.25, 0.3) is 11.1 Å². The van der Waals surface area contributed by atoms with Gasteiger partial charge in [0.1, 0.15) is 6.61 Å². The molecule has 56 heavy (non-hydrogen) atoms. The number of fused-ring (bicyclic) bond motifs is 3. The van der Waals surface area contributed by atoms with Crippen LogP contribution in [-0.2, 0) is 56.5 Å². The maximum atomic E-state index is 12.6. The van der Waals surface area contributed by atoms with Crippen LogP contribution in [0.1, 0.15) is 17.0 Å². The lowest BCUT2D eigenvalue weighted by Gasteiger charge is -2.19. The number of rotatable bonds is 36. The summed E-state index contributed by atoms with van der Waals surface area (Å²) in [6.45, 7) is 17.8. The molecule has 0 aromatic heterocycles. The van der Waals surface area contributed by atoms with Gasteiger partial charge in [0.25, 0.3) is 0 Å². The van der Waals surface area contributed by atoms with E-state index in [1.54, 1.807) is 7.05 Å². The van der Waals surface area contributed by atoms with E-state index < -0.39 is 8.32 Å². The minimum atomic E-state index is -1.46. The molecule has 0 unspecified atom stereocenters. The van der Waals surface area contributed by atoms with Crippen molar-refractivity contribution in [3.63, 3.8) is 0 Å². The summed E-state index contributed by atoms with van der Waals surface area (Å²) < 4.78 is 66.6. The third-order valence-electron chi connectivity index (χ3n) is 8.33. The molecular formula is C41H67NO13Si. The fourth-order valence-corrected chi connectivity index (χ4v) is 6.18. The summed E-state index contributed by atoms with van der Waals surface area (Å²) in [5, 5.41) is 0. The van der Waals surface area contributed by atoms with Crippen LogP contribution in [0.3, 0.4) is 0 Å². The first kappa shape index (κ1) is 47.9. The maximum absolute atomic E-state index is 12.6. The van der Waals surface area contributed by atoms with Gasteiger partial charge in [-0.25, -0.2) is 4.79 Å². The molecule has 15 heteroatoms. The maximum Gasteiger partial charge on any atom is 0.409 e. The Morgan fingerprint density at radius 1 is 0.482 bits per heavy atom. The number of hydrogen-bond acceptors (Lipinski definition) is 13. The van der Waals surface area contributed by atoms with E-state index in [9.17, 15) is 4.79 Å². The molecule has 0 fully saturated rings. The number of likely N-dealkylation sites (N-methyl/N-ethyl adjacent to an activating group) is 1. The van der Waals surface area contributed by atoms with E-state index in [2.05, 4.69) is 43.9 Å². The second-order valence-electron chi connectivity index (χ2n) is 13.8. The van der Waals surface area contributed by atoms with E-state index in [0.29, 0.717) is 152 Å². The summed E-state index contributed by atoms with van der Waals surface area (Å²) >= 11 is 0. The van der Waals surface area contributed by atoms with E-state index in [0.717, 1.165) is 0 Å². The van der Waals surface area contributed by atoms with Crippen molar-refractivity contribution in [2.45, 2.75) is 25.6 Å².